The number of hydrogen-bond acceptors (Lipinski definition) is 2. The van der Waals surface area contributed by atoms with E-state index >= 15 is 0 Å². The van der Waals surface area contributed by atoms with Crippen molar-refractivity contribution in [2.45, 2.75) is 45.5 Å². The summed E-state index contributed by atoms with van der Waals surface area (Å²) in [5.74, 6) is -0.428. The quantitative estimate of drug-likeness (QED) is 0.795. The molecule has 146 valence electrons. The van der Waals surface area contributed by atoms with Crippen molar-refractivity contribution in [3.05, 3.63) is 52.6 Å². The van der Waals surface area contributed by atoms with E-state index < -0.39 is 30.5 Å². The van der Waals surface area contributed by atoms with E-state index in [1.807, 2.05) is 0 Å². The number of hydrogen-bond donors (Lipinski definition) is 1. The van der Waals surface area contributed by atoms with Gasteiger partial charge in [0.1, 0.15) is 18.1 Å². The first-order valence-electron chi connectivity index (χ1n) is 8.62. The monoisotopic (exact) mass is 384 g/mol. The maximum atomic E-state index is 13.7. The molecule has 4 nitrogen and oxygen atoms in total. The summed E-state index contributed by atoms with van der Waals surface area (Å²) < 4.78 is 58.6. The number of rotatable bonds is 3. The minimum Gasteiger partial charge on any atom is -0.493 e. The lowest BCUT2D eigenvalue weighted by molar-refractivity contribution is -0.141. The Labute approximate surface area is 154 Å². The minimum atomic E-state index is -4.38. The van der Waals surface area contributed by atoms with Crippen molar-refractivity contribution in [2.75, 3.05) is 6.61 Å². The van der Waals surface area contributed by atoms with Gasteiger partial charge in [-0.2, -0.15) is 13.2 Å². The van der Waals surface area contributed by atoms with Crippen molar-refractivity contribution in [3.63, 3.8) is 0 Å². The highest BCUT2D eigenvalue weighted by atomic mass is 19.4. The first-order chi connectivity index (χ1) is 12.7. The van der Waals surface area contributed by atoms with E-state index in [0.29, 0.717) is 36.5 Å². The van der Waals surface area contributed by atoms with Gasteiger partial charge in [-0.05, 0) is 51.0 Å². The van der Waals surface area contributed by atoms with Gasteiger partial charge >= 0.3 is 6.18 Å². The molecular formula is C19H20F4N2O2. The number of alkyl halides is 3. The van der Waals surface area contributed by atoms with Crippen LogP contribution in [0.3, 0.4) is 0 Å². The molecule has 0 bridgehead atoms. The molecule has 1 unspecified atom stereocenters. The third-order valence-electron chi connectivity index (χ3n) is 4.70. The van der Waals surface area contributed by atoms with Gasteiger partial charge in [0.05, 0.1) is 18.2 Å². The van der Waals surface area contributed by atoms with Crippen molar-refractivity contribution < 1.29 is 27.1 Å². The average molecular weight is 384 g/mol. The van der Waals surface area contributed by atoms with E-state index in [2.05, 4.69) is 5.32 Å². The van der Waals surface area contributed by atoms with Gasteiger partial charge in [-0.1, -0.05) is 0 Å². The van der Waals surface area contributed by atoms with Gasteiger partial charge in [0.2, 0.25) is 0 Å². The largest absolute Gasteiger partial charge is 0.493 e. The lowest BCUT2D eigenvalue weighted by Crippen LogP contribution is -2.29. The second kappa shape index (κ2) is 7.25. The summed E-state index contributed by atoms with van der Waals surface area (Å²) in [4.78, 5) is 12.7. The van der Waals surface area contributed by atoms with Crippen LogP contribution in [-0.2, 0) is 6.54 Å². The van der Waals surface area contributed by atoms with Crippen LogP contribution < -0.4 is 10.1 Å². The highest BCUT2D eigenvalue weighted by Gasteiger charge is 2.31. The Kier molecular flexibility index (Phi) is 5.17. The van der Waals surface area contributed by atoms with Gasteiger partial charge < -0.3 is 14.6 Å². The third kappa shape index (κ3) is 4.26. The molecule has 27 heavy (non-hydrogen) atoms. The Balaban J connectivity index is 1.86. The van der Waals surface area contributed by atoms with Gasteiger partial charge in [-0.3, -0.25) is 4.79 Å². The van der Waals surface area contributed by atoms with Crippen molar-refractivity contribution in [3.8, 4) is 5.75 Å². The molecule has 0 radical (unpaired) electrons. The number of aromatic nitrogens is 1. The Morgan fingerprint density at radius 1 is 1.30 bits per heavy atom. The predicted octanol–water partition coefficient (Wildman–Crippen LogP) is 4.45. The fourth-order valence-electron chi connectivity index (χ4n) is 3.39. The molecule has 2 aromatic rings. The van der Waals surface area contributed by atoms with Crippen LogP contribution >= 0.6 is 0 Å². The molecule has 0 spiro atoms. The van der Waals surface area contributed by atoms with Crippen LogP contribution in [0.1, 0.15) is 46.2 Å². The molecule has 1 amide bonds. The molecule has 2 heterocycles. The second-order valence-electron chi connectivity index (χ2n) is 6.69. The zero-order valence-electron chi connectivity index (χ0n) is 15.0. The summed E-state index contributed by atoms with van der Waals surface area (Å²) in [6, 6.07) is 5.09. The molecular weight excluding hydrogens is 364 g/mol. The fourth-order valence-corrected chi connectivity index (χ4v) is 3.39. The number of halogens is 4. The Morgan fingerprint density at radius 2 is 2.04 bits per heavy atom. The number of carbonyl (C=O) groups is 1. The van der Waals surface area contributed by atoms with Crippen LogP contribution in [0.2, 0.25) is 0 Å². The summed E-state index contributed by atoms with van der Waals surface area (Å²) in [5, 5.41) is 2.82. The lowest BCUT2D eigenvalue weighted by atomic mass is 10.0. The van der Waals surface area contributed by atoms with E-state index in [-0.39, 0.29) is 11.3 Å². The topological polar surface area (TPSA) is 43.3 Å². The maximum absolute atomic E-state index is 13.7. The Hall–Kier alpha value is -2.51. The van der Waals surface area contributed by atoms with Crippen LogP contribution in [0.25, 0.3) is 0 Å². The summed E-state index contributed by atoms with van der Waals surface area (Å²) in [5.41, 5.74) is 1.31. The lowest BCUT2D eigenvalue weighted by Gasteiger charge is -2.19. The maximum Gasteiger partial charge on any atom is 0.406 e. The second-order valence-corrected chi connectivity index (χ2v) is 6.69. The first kappa shape index (κ1) is 19.3. The number of benzene rings is 1. The van der Waals surface area contributed by atoms with Crippen LogP contribution in [0.15, 0.2) is 24.3 Å². The van der Waals surface area contributed by atoms with Gasteiger partial charge in [-0.25, -0.2) is 4.39 Å². The van der Waals surface area contributed by atoms with Crippen LogP contribution in [-0.4, -0.2) is 23.3 Å². The summed E-state index contributed by atoms with van der Waals surface area (Å²) >= 11 is 0. The number of amides is 1. The SMILES string of the molecule is Cc1cc(C(=O)NC2CCCOc3ccc(F)cc32)c(C)n1CC(F)(F)F. The molecule has 8 heteroatoms. The van der Waals surface area contributed by atoms with Crippen molar-refractivity contribution in [1.29, 1.82) is 0 Å². The summed E-state index contributed by atoms with van der Waals surface area (Å²) in [7, 11) is 0. The smallest absolute Gasteiger partial charge is 0.406 e. The zero-order valence-corrected chi connectivity index (χ0v) is 15.0. The number of ether oxygens (including phenoxy) is 1. The van der Waals surface area contributed by atoms with Crippen LogP contribution in [0, 0.1) is 19.7 Å². The Morgan fingerprint density at radius 3 is 2.74 bits per heavy atom. The number of aryl methyl sites for hydroxylation is 1. The third-order valence-corrected chi connectivity index (χ3v) is 4.70. The minimum absolute atomic E-state index is 0.180. The molecule has 1 aromatic carbocycles. The summed E-state index contributed by atoms with van der Waals surface area (Å²) in [6.07, 6.45) is -3.17. The van der Waals surface area contributed by atoms with Crippen molar-refractivity contribution in [1.82, 2.24) is 9.88 Å². The van der Waals surface area contributed by atoms with Gasteiger partial charge in [0.15, 0.2) is 0 Å². The molecule has 1 aliphatic rings. The molecule has 0 fully saturated rings. The normalized spacial score (nSPS) is 17.0. The standard InChI is InChI=1S/C19H20F4N2O2/c1-11-8-14(12(2)25(11)10-19(21,22)23)18(26)24-16-4-3-7-27-17-6-5-13(20)9-15(16)17/h5-6,8-9,16H,3-4,7,10H2,1-2H3,(H,24,26). The van der Waals surface area contributed by atoms with E-state index in [0.717, 1.165) is 4.57 Å². The average Bonchev–Trinajstić information content (AvgIpc) is 2.75. The number of carbonyl (C=O) groups excluding carboxylic acids is 1. The zero-order chi connectivity index (χ0) is 19.8. The summed E-state index contributed by atoms with van der Waals surface area (Å²) in [6.45, 7) is 2.31. The molecule has 0 saturated carbocycles. The molecule has 1 N–H and O–H groups in total. The van der Waals surface area contributed by atoms with Gasteiger partial charge in [-0.15, -0.1) is 0 Å². The van der Waals surface area contributed by atoms with E-state index in [1.54, 1.807) is 0 Å². The number of nitrogens with one attached hydrogen (secondary N) is 1. The van der Waals surface area contributed by atoms with E-state index in [1.165, 1.54) is 38.1 Å². The van der Waals surface area contributed by atoms with Crippen molar-refractivity contribution >= 4 is 5.91 Å². The number of fused-ring (bicyclic) bond motifs is 1. The van der Waals surface area contributed by atoms with E-state index in [4.69, 9.17) is 4.74 Å². The van der Waals surface area contributed by atoms with E-state index in [9.17, 15) is 22.4 Å². The molecule has 0 aliphatic carbocycles. The van der Waals surface area contributed by atoms with Gasteiger partial charge in [0, 0.05) is 17.0 Å². The van der Waals surface area contributed by atoms with Gasteiger partial charge in [0.25, 0.3) is 5.91 Å². The predicted molar refractivity (Wildman–Crippen MR) is 91.3 cm³/mol. The fraction of sp³-hybridized carbons (Fsp3) is 0.421. The molecule has 3 rings (SSSR count). The molecule has 0 saturated heterocycles. The molecule has 1 aromatic heterocycles. The molecule has 1 aliphatic heterocycles. The van der Waals surface area contributed by atoms with Crippen LogP contribution in [0.4, 0.5) is 17.6 Å². The first-order valence-corrected chi connectivity index (χ1v) is 8.62. The highest BCUT2D eigenvalue weighted by molar-refractivity contribution is 5.96. The Bertz CT molecular complexity index is 858. The highest BCUT2D eigenvalue weighted by Crippen LogP contribution is 2.32. The van der Waals surface area contributed by atoms with Crippen LogP contribution in [0.5, 0.6) is 5.75 Å². The molecule has 1 atom stereocenters. The van der Waals surface area contributed by atoms with Crippen molar-refractivity contribution in [2.24, 2.45) is 0 Å². The number of nitrogens with zero attached hydrogens (tertiary/aromatic N) is 1.